The predicted octanol–water partition coefficient (Wildman–Crippen LogP) is 1.06. The molecule has 7 heteroatoms. The van der Waals surface area contributed by atoms with Crippen LogP contribution < -0.4 is 5.32 Å². The van der Waals surface area contributed by atoms with E-state index in [1.54, 1.807) is 0 Å². The molecule has 2 N–H and O–H groups in total. The Hall–Kier alpha value is -1.92. The normalized spacial score (nSPS) is 17.1. The molecule has 1 aromatic heterocycles. The fourth-order valence-corrected chi connectivity index (χ4v) is 2.77. The second kappa shape index (κ2) is 6.02. The van der Waals surface area contributed by atoms with E-state index in [0.29, 0.717) is 13.1 Å². The van der Waals surface area contributed by atoms with E-state index in [4.69, 9.17) is 5.11 Å². The molecule has 1 amide bonds. The minimum atomic E-state index is -1.10. The van der Waals surface area contributed by atoms with Crippen LogP contribution in [0, 0.1) is 5.41 Å². The van der Waals surface area contributed by atoms with Crippen molar-refractivity contribution in [3.05, 3.63) is 11.9 Å². The molecule has 0 bridgehead atoms. The number of aromatic nitrogens is 3. The number of carboxylic acids is 1. The molecule has 0 saturated heterocycles. The van der Waals surface area contributed by atoms with Crippen molar-refractivity contribution in [1.82, 2.24) is 20.3 Å². The maximum Gasteiger partial charge on any atom is 0.358 e. The van der Waals surface area contributed by atoms with Crippen molar-refractivity contribution in [1.29, 1.82) is 0 Å². The fraction of sp³-hybridized carbons (Fsp3) is 0.692. The third kappa shape index (κ3) is 2.97. The van der Waals surface area contributed by atoms with Crippen LogP contribution >= 0.6 is 0 Å². The summed E-state index contributed by atoms with van der Waals surface area (Å²) in [6.45, 7) is 2.91. The standard InChI is InChI=1S/C13H20N4O3/c1-2-13(5-3-4-6-13)12(20)14-7-8-17-9-10(11(18)19)15-16-17/h9H,2-8H2,1H3,(H,14,20)(H,18,19). The maximum atomic E-state index is 12.3. The lowest BCUT2D eigenvalue weighted by Crippen LogP contribution is -2.40. The minimum Gasteiger partial charge on any atom is -0.476 e. The summed E-state index contributed by atoms with van der Waals surface area (Å²) in [5.74, 6) is -0.993. The van der Waals surface area contributed by atoms with Crippen molar-refractivity contribution in [2.45, 2.75) is 45.6 Å². The second-order valence-electron chi connectivity index (χ2n) is 5.27. The Kier molecular flexibility index (Phi) is 4.36. The van der Waals surface area contributed by atoms with Crippen LogP contribution in [0.3, 0.4) is 0 Å². The zero-order valence-electron chi connectivity index (χ0n) is 11.6. The van der Waals surface area contributed by atoms with Crippen LogP contribution in [-0.4, -0.2) is 38.5 Å². The van der Waals surface area contributed by atoms with Crippen LogP contribution in [0.25, 0.3) is 0 Å². The van der Waals surface area contributed by atoms with Crippen molar-refractivity contribution >= 4 is 11.9 Å². The number of aromatic carboxylic acids is 1. The van der Waals surface area contributed by atoms with Gasteiger partial charge in [0, 0.05) is 12.0 Å². The van der Waals surface area contributed by atoms with Gasteiger partial charge in [-0.25, -0.2) is 9.48 Å². The number of carbonyl (C=O) groups excluding carboxylic acids is 1. The molecule has 0 aromatic carbocycles. The Labute approximate surface area is 117 Å². The first-order valence-corrected chi connectivity index (χ1v) is 6.99. The molecule has 0 aliphatic heterocycles. The van der Waals surface area contributed by atoms with Crippen LogP contribution in [0.15, 0.2) is 6.20 Å². The first-order chi connectivity index (χ1) is 9.57. The van der Waals surface area contributed by atoms with Gasteiger partial charge in [0.15, 0.2) is 5.69 Å². The average Bonchev–Trinajstić information content (AvgIpc) is 3.08. The lowest BCUT2D eigenvalue weighted by Gasteiger charge is -2.25. The topological polar surface area (TPSA) is 97.1 Å². The summed E-state index contributed by atoms with van der Waals surface area (Å²) in [7, 11) is 0. The Morgan fingerprint density at radius 3 is 2.70 bits per heavy atom. The Morgan fingerprint density at radius 1 is 1.45 bits per heavy atom. The number of nitrogens with zero attached hydrogens (tertiary/aromatic N) is 3. The van der Waals surface area contributed by atoms with Crippen LogP contribution in [0.4, 0.5) is 0 Å². The van der Waals surface area contributed by atoms with E-state index in [-0.39, 0.29) is 17.0 Å². The van der Waals surface area contributed by atoms with Gasteiger partial charge in [0.25, 0.3) is 0 Å². The van der Waals surface area contributed by atoms with Gasteiger partial charge in [-0.3, -0.25) is 4.79 Å². The molecule has 2 rings (SSSR count). The number of nitrogens with one attached hydrogen (secondary N) is 1. The number of hydrogen-bond acceptors (Lipinski definition) is 4. The van der Waals surface area contributed by atoms with Crippen molar-refractivity contribution in [3.8, 4) is 0 Å². The van der Waals surface area contributed by atoms with Gasteiger partial charge in [-0.15, -0.1) is 5.10 Å². The van der Waals surface area contributed by atoms with E-state index in [9.17, 15) is 9.59 Å². The third-order valence-electron chi connectivity index (χ3n) is 4.10. The molecule has 0 unspecified atom stereocenters. The summed E-state index contributed by atoms with van der Waals surface area (Å²) >= 11 is 0. The first kappa shape index (κ1) is 14.5. The lowest BCUT2D eigenvalue weighted by molar-refractivity contribution is -0.131. The van der Waals surface area contributed by atoms with Crippen molar-refractivity contribution < 1.29 is 14.7 Å². The second-order valence-corrected chi connectivity index (χ2v) is 5.27. The maximum absolute atomic E-state index is 12.3. The van der Waals surface area contributed by atoms with Gasteiger partial charge in [0.2, 0.25) is 5.91 Å². The number of hydrogen-bond donors (Lipinski definition) is 2. The number of carboxylic acid groups (broad SMARTS) is 1. The molecule has 0 spiro atoms. The molecule has 110 valence electrons. The van der Waals surface area contributed by atoms with Gasteiger partial charge >= 0.3 is 5.97 Å². The van der Waals surface area contributed by atoms with Crippen LogP contribution in [-0.2, 0) is 11.3 Å². The van der Waals surface area contributed by atoms with Crippen LogP contribution in [0.1, 0.15) is 49.5 Å². The fourth-order valence-electron chi connectivity index (χ4n) is 2.77. The molecule has 0 radical (unpaired) electrons. The SMILES string of the molecule is CCC1(C(=O)NCCn2cc(C(=O)O)nn2)CCCC1. The van der Waals surface area contributed by atoms with E-state index in [1.165, 1.54) is 10.9 Å². The molecule has 1 fully saturated rings. The lowest BCUT2D eigenvalue weighted by atomic mass is 9.82. The summed E-state index contributed by atoms with van der Waals surface area (Å²) < 4.78 is 1.43. The van der Waals surface area contributed by atoms with Crippen LogP contribution in [0.2, 0.25) is 0 Å². The number of rotatable bonds is 6. The average molecular weight is 280 g/mol. The van der Waals surface area contributed by atoms with E-state index in [2.05, 4.69) is 22.6 Å². The summed E-state index contributed by atoms with van der Waals surface area (Å²) in [6.07, 6.45) is 6.38. The highest BCUT2D eigenvalue weighted by Gasteiger charge is 2.38. The summed E-state index contributed by atoms with van der Waals surface area (Å²) in [6, 6.07) is 0. The molecule has 7 nitrogen and oxygen atoms in total. The largest absolute Gasteiger partial charge is 0.476 e. The highest BCUT2D eigenvalue weighted by Crippen LogP contribution is 2.40. The molecular formula is C13H20N4O3. The Bertz CT molecular complexity index is 492. The van der Waals surface area contributed by atoms with Crippen LogP contribution in [0.5, 0.6) is 0 Å². The van der Waals surface area contributed by atoms with Crippen molar-refractivity contribution in [2.24, 2.45) is 5.41 Å². The van der Waals surface area contributed by atoms with Gasteiger partial charge < -0.3 is 10.4 Å². The first-order valence-electron chi connectivity index (χ1n) is 6.99. The van der Waals surface area contributed by atoms with E-state index in [0.717, 1.165) is 32.1 Å². The van der Waals surface area contributed by atoms with Gasteiger partial charge in [0.1, 0.15) is 0 Å². The molecule has 1 heterocycles. The molecule has 0 atom stereocenters. The highest BCUT2D eigenvalue weighted by molar-refractivity contribution is 5.84. The molecule has 1 aliphatic rings. The Balaban J connectivity index is 1.83. The summed E-state index contributed by atoms with van der Waals surface area (Å²) in [5, 5.41) is 18.9. The van der Waals surface area contributed by atoms with Gasteiger partial charge in [-0.2, -0.15) is 0 Å². The van der Waals surface area contributed by atoms with E-state index >= 15 is 0 Å². The summed E-state index contributed by atoms with van der Waals surface area (Å²) in [4.78, 5) is 22.9. The van der Waals surface area contributed by atoms with Gasteiger partial charge in [-0.05, 0) is 19.3 Å². The number of amides is 1. The molecule has 1 aliphatic carbocycles. The van der Waals surface area contributed by atoms with Crippen molar-refractivity contribution in [2.75, 3.05) is 6.54 Å². The van der Waals surface area contributed by atoms with Crippen molar-refractivity contribution in [3.63, 3.8) is 0 Å². The van der Waals surface area contributed by atoms with Gasteiger partial charge in [-0.1, -0.05) is 25.0 Å². The summed E-state index contributed by atoms with van der Waals surface area (Å²) in [5.41, 5.74) is -0.286. The molecule has 1 aromatic rings. The third-order valence-corrected chi connectivity index (χ3v) is 4.10. The monoisotopic (exact) mass is 280 g/mol. The van der Waals surface area contributed by atoms with E-state index < -0.39 is 5.97 Å². The molecule has 1 saturated carbocycles. The van der Waals surface area contributed by atoms with E-state index in [1.807, 2.05) is 0 Å². The highest BCUT2D eigenvalue weighted by atomic mass is 16.4. The number of carbonyl (C=O) groups is 2. The zero-order valence-corrected chi connectivity index (χ0v) is 11.6. The quantitative estimate of drug-likeness (QED) is 0.812. The minimum absolute atomic E-state index is 0.0860. The Morgan fingerprint density at radius 2 is 2.15 bits per heavy atom. The predicted molar refractivity (Wildman–Crippen MR) is 71.2 cm³/mol. The molecular weight excluding hydrogens is 260 g/mol. The van der Waals surface area contributed by atoms with Gasteiger partial charge in [0.05, 0.1) is 12.7 Å². The zero-order chi connectivity index (χ0) is 14.6. The smallest absolute Gasteiger partial charge is 0.358 e. The molecule has 20 heavy (non-hydrogen) atoms.